The molecule has 1 heteroatoms. The molecule has 1 aliphatic carbocycles. The normalized spacial score (nSPS) is 23.6. The molecule has 19 heavy (non-hydrogen) atoms. The zero-order chi connectivity index (χ0) is 13.8. The van der Waals surface area contributed by atoms with Gasteiger partial charge in [-0.1, -0.05) is 57.9 Å². The van der Waals surface area contributed by atoms with E-state index in [4.69, 9.17) is 0 Å². The van der Waals surface area contributed by atoms with E-state index in [2.05, 4.69) is 45.0 Å². The van der Waals surface area contributed by atoms with Crippen LogP contribution in [0.3, 0.4) is 0 Å². The van der Waals surface area contributed by atoms with Gasteiger partial charge in [-0.15, -0.1) is 0 Å². The van der Waals surface area contributed by atoms with Crippen LogP contribution in [0.5, 0.6) is 0 Å². The minimum atomic E-state index is 0.320. The molecule has 0 N–H and O–H groups in total. The standard InChI is InChI=1S/C18H26O/c1-13(2)16-10-6-15(7-11-16)12-18(19)17-8-4-14(3)5-9-17/h6-7,10-11,13-14,17H,4-5,8-9,12H2,1-3H3. The van der Waals surface area contributed by atoms with Crippen LogP contribution in [-0.2, 0) is 11.2 Å². The van der Waals surface area contributed by atoms with E-state index in [0.29, 0.717) is 24.0 Å². The quantitative estimate of drug-likeness (QED) is 0.761. The van der Waals surface area contributed by atoms with Gasteiger partial charge in [-0.2, -0.15) is 0 Å². The van der Waals surface area contributed by atoms with Crippen LogP contribution in [0.4, 0.5) is 0 Å². The second-order valence-electron chi connectivity index (χ2n) is 6.50. The molecule has 0 bridgehead atoms. The summed E-state index contributed by atoms with van der Waals surface area (Å²) >= 11 is 0. The van der Waals surface area contributed by atoms with Crippen LogP contribution in [0.2, 0.25) is 0 Å². The van der Waals surface area contributed by atoms with Crippen LogP contribution in [0.15, 0.2) is 24.3 Å². The summed E-state index contributed by atoms with van der Waals surface area (Å²) in [4.78, 5) is 12.3. The first-order valence-corrected chi connectivity index (χ1v) is 7.67. The van der Waals surface area contributed by atoms with Crippen LogP contribution in [-0.4, -0.2) is 5.78 Å². The molecule has 0 atom stereocenters. The highest BCUT2D eigenvalue weighted by molar-refractivity contribution is 5.83. The SMILES string of the molecule is CC1CCC(C(=O)Cc2ccc(C(C)C)cc2)CC1. The van der Waals surface area contributed by atoms with E-state index in [9.17, 15) is 4.79 Å². The Hall–Kier alpha value is -1.11. The number of ketones is 1. The van der Waals surface area contributed by atoms with Gasteiger partial charge in [-0.05, 0) is 35.8 Å². The zero-order valence-electron chi connectivity index (χ0n) is 12.5. The van der Waals surface area contributed by atoms with Gasteiger partial charge < -0.3 is 0 Å². The molecule has 1 fully saturated rings. The molecule has 1 aliphatic rings. The Morgan fingerprint density at radius 3 is 2.21 bits per heavy atom. The summed E-state index contributed by atoms with van der Waals surface area (Å²) in [5.74, 6) is 2.14. The highest BCUT2D eigenvalue weighted by Gasteiger charge is 2.24. The van der Waals surface area contributed by atoms with Crippen molar-refractivity contribution in [3.63, 3.8) is 0 Å². The number of Topliss-reactive ketones (excluding diaryl/α,β-unsaturated/α-hetero) is 1. The van der Waals surface area contributed by atoms with Crippen molar-refractivity contribution in [3.05, 3.63) is 35.4 Å². The van der Waals surface area contributed by atoms with Crippen molar-refractivity contribution in [1.29, 1.82) is 0 Å². The van der Waals surface area contributed by atoms with Crippen molar-refractivity contribution in [2.75, 3.05) is 0 Å². The molecule has 0 amide bonds. The van der Waals surface area contributed by atoms with Crippen LogP contribution in [0, 0.1) is 11.8 Å². The van der Waals surface area contributed by atoms with E-state index < -0.39 is 0 Å². The Bertz CT molecular complexity index is 408. The van der Waals surface area contributed by atoms with E-state index in [1.807, 2.05) is 0 Å². The molecule has 2 rings (SSSR count). The van der Waals surface area contributed by atoms with E-state index in [1.54, 1.807) is 0 Å². The lowest BCUT2D eigenvalue weighted by Gasteiger charge is -2.25. The van der Waals surface area contributed by atoms with E-state index in [1.165, 1.54) is 24.0 Å². The van der Waals surface area contributed by atoms with Gasteiger partial charge in [-0.3, -0.25) is 4.79 Å². The van der Waals surface area contributed by atoms with E-state index in [0.717, 1.165) is 18.8 Å². The molecule has 0 unspecified atom stereocenters. The molecular formula is C18H26O. The molecule has 0 radical (unpaired) electrons. The van der Waals surface area contributed by atoms with Gasteiger partial charge in [0.25, 0.3) is 0 Å². The Balaban J connectivity index is 1.91. The maximum absolute atomic E-state index is 12.3. The van der Waals surface area contributed by atoms with Crippen molar-refractivity contribution in [1.82, 2.24) is 0 Å². The summed E-state index contributed by atoms with van der Waals surface area (Å²) in [6.07, 6.45) is 5.27. The molecule has 0 spiro atoms. The molecular weight excluding hydrogens is 232 g/mol. The van der Waals surface area contributed by atoms with Gasteiger partial charge >= 0.3 is 0 Å². The Morgan fingerprint density at radius 1 is 1.11 bits per heavy atom. The molecule has 1 aromatic rings. The van der Waals surface area contributed by atoms with Gasteiger partial charge in [0, 0.05) is 12.3 Å². The minimum Gasteiger partial charge on any atom is -0.299 e. The number of hydrogen-bond donors (Lipinski definition) is 0. The molecule has 104 valence electrons. The summed E-state index contributed by atoms with van der Waals surface area (Å²) in [5, 5.41) is 0. The molecule has 1 aromatic carbocycles. The fraction of sp³-hybridized carbons (Fsp3) is 0.611. The smallest absolute Gasteiger partial charge is 0.140 e. The van der Waals surface area contributed by atoms with Crippen LogP contribution in [0.1, 0.15) is 63.5 Å². The lowest BCUT2D eigenvalue weighted by atomic mass is 9.79. The largest absolute Gasteiger partial charge is 0.299 e. The Kier molecular flexibility index (Phi) is 4.79. The first-order valence-electron chi connectivity index (χ1n) is 7.67. The van der Waals surface area contributed by atoms with Crippen LogP contribution >= 0.6 is 0 Å². The van der Waals surface area contributed by atoms with Gasteiger partial charge in [0.1, 0.15) is 5.78 Å². The van der Waals surface area contributed by atoms with Crippen molar-refractivity contribution in [2.45, 2.75) is 58.8 Å². The zero-order valence-corrected chi connectivity index (χ0v) is 12.5. The third-order valence-corrected chi connectivity index (χ3v) is 4.50. The fourth-order valence-electron chi connectivity index (χ4n) is 2.95. The number of carbonyl (C=O) groups is 1. The predicted molar refractivity (Wildman–Crippen MR) is 80.4 cm³/mol. The average Bonchev–Trinajstić information content (AvgIpc) is 2.40. The Morgan fingerprint density at radius 2 is 1.68 bits per heavy atom. The highest BCUT2D eigenvalue weighted by atomic mass is 16.1. The molecule has 0 aliphatic heterocycles. The average molecular weight is 258 g/mol. The maximum Gasteiger partial charge on any atom is 0.140 e. The maximum atomic E-state index is 12.3. The lowest BCUT2D eigenvalue weighted by molar-refractivity contribution is -0.123. The predicted octanol–water partition coefficient (Wildman–Crippen LogP) is 4.75. The van der Waals surface area contributed by atoms with Gasteiger partial charge in [0.05, 0.1) is 0 Å². The van der Waals surface area contributed by atoms with Gasteiger partial charge in [0.2, 0.25) is 0 Å². The number of hydrogen-bond acceptors (Lipinski definition) is 1. The second kappa shape index (κ2) is 6.36. The minimum absolute atomic E-state index is 0.320. The molecule has 0 saturated heterocycles. The monoisotopic (exact) mass is 258 g/mol. The lowest BCUT2D eigenvalue weighted by Crippen LogP contribution is -2.22. The highest BCUT2D eigenvalue weighted by Crippen LogP contribution is 2.29. The molecule has 0 aromatic heterocycles. The summed E-state index contributed by atoms with van der Waals surface area (Å²) in [7, 11) is 0. The molecule has 0 heterocycles. The van der Waals surface area contributed by atoms with Gasteiger partial charge in [0.15, 0.2) is 0 Å². The number of benzene rings is 1. The summed E-state index contributed by atoms with van der Waals surface area (Å²) in [6.45, 7) is 6.69. The first kappa shape index (κ1) is 14.3. The van der Waals surface area contributed by atoms with Crippen LogP contribution in [0.25, 0.3) is 0 Å². The van der Waals surface area contributed by atoms with Crippen molar-refractivity contribution < 1.29 is 4.79 Å². The topological polar surface area (TPSA) is 17.1 Å². The number of carbonyl (C=O) groups excluding carboxylic acids is 1. The number of rotatable bonds is 4. The Labute approximate surface area is 117 Å². The third kappa shape index (κ3) is 3.92. The fourth-order valence-corrected chi connectivity index (χ4v) is 2.95. The first-order chi connectivity index (χ1) is 9.06. The summed E-state index contributed by atoms with van der Waals surface area (Å²) in [6, 6.07) is 8.57. The van der Waals surface area contributed by atoms with Crippen molar-refractivity contribution in [3.8, 4) is 0 Å². The van der Waals surface area contributed by atoms with Crippen molar-refractivity contribution in [2.24, 2.45) is 11.8 Å². The molecule has 1 saturated carbocycles. The van der Waals surface area contributed by atoms with Gasteiger partial charge in [-0.25, -0.2) is 0 Å². The summed E-state index contributed by atoms with van der Waals surface area (Å²) < 4.78 is 0. The van der Waals surface area contributed by atoms with Crippen LogP contribution < -0.4 is 0 Å². The van der Waals surface area contributed by atoms with E-state index in [-0.39, 0.29) is 0 Å². The van der Waals surface area contributed by atoms with E-state index >= 15 is 0 Å². The molecule has 1 nitrogen and oxygen atoms in total. The van der Waals surface area contributed by atoms with Crippen molar-refractivity contribution >= 4 is 5.78 Å². The summed E-state index contributed by atoms with van der Waals surface area (Å²) in [5.41, 5.74) is 2.52. The second-order valence-corrected chi connectivity index (χ2v) is 6.50. The third-order valence-electron chi connectivity index (χ3n) is 4.50.